The molecule has 0 fully saturated rings. The van der Waals surface area contributed by atoms with Crippen molar-refractivity contribution < 1.29 is 28.0 Å². The third-order valence-electron chi connectivity index (χ3n) is 4.55. The number of nitrogens with one attached hydrogen (secondary N) is 2. The van der Waals surface area contributed by atoms with Gasteiger partial charge in [-0.1, -0.05) is 43.5 Å². The summed E-state index contributed by atoms with van der Waals surface area (Å²) < 4.78 is 27.7. The number of unbranched alkanes of at least 4 members (excludes halogenated alkanes) is 1. The molecule has 2 atom stereocenters. The van der Waals surface area contributed by atoms with Crippen LogP contribution < -0.4 is 10.0 Å². The average Bonchev–Trinajstić information content (AvgIpc) is 2.75. The fourth-order valence-corrected chi connectivity index (χ4v) is 4.20. The van der Waals surface area contributed by atoms with Gasteiger partial charge in [-0.2, -0.15) is 4.72 Å². The number of hydrogen-bond donors (Lipinski definition) is 3. The number of carbonyl (C=O) groups excluding carboxylic acids is 1. The second-order valence-electron chi connectivity index (χ2n) is 6.90. The van der Waals surface area contributed by atoms with E-state index in [0.717, 1.165) is 24.3 Å². The van der Waals surface area contributed by atoms with Crippen molar-refractivity contribution in [2.45, 2.75) is 43.2 Å². The van der Waals surface area contributed by atoms with Crippen molar-refractivity contribution in [3.05, 3.63) is 69.2 Å². The SMILES string of the molecule is CCCCC(NS(=O)(=O)c1ccc([N+](=O)[O-])cc1)C(=O)NC(C(=O)O)c1ccc(Cl)cc1. The Morgan fingerprint density at radius 3 is 2.22 bits per heavy atom. The lowest BCUT2D eigenvalue weighted by atomic mass is 10.1. The average molecular weight is 484 g/mol. The third-order valence-corrected chi connectivity index (χ3v) is 6.29. The van der Waals surface area contributed by atoms with Gasteiger partial charge < -0.3 is 10.4 Å². The van der Waals surface area contributed by atoms with E-state index in [4.69, 9.17) is 11.6 Å². The van der Waals surface area contributed by atoms with Gasteiger partial charge >= 0.3 is 5.97 Å². The largest absolute Gasteiger partial charge is 0.479 e. The summed E-state index contributed by atoms with van der Waals surface area (Å²) in [6, 6.07) is 7.39. The number of rotatable bonds is 11. The molecule has 0 saturated heterocycles. The van der Waals surface area contributed by atoms with Crippen LogP contribution in [0.3, 0.4) is 0 Å². The van der Waals surface area contributed by atoms with Gasteiger partial charge in [0.2, 0.25) is 15.9 Å². The molecule has 0 aliphatic carbocycles. The first-order valence-corrected chi connectivity index (χ1v) is 11.5. The number of carbonyl (C=O) groups is 2. The highest BCUT2D eigenvalue weighted by molar-refractivity contribution is 7.89. The summed E-state index contributed by atoms with van der Waals surface area (Å²) >= 11 is 5.82. The lowest BCUT2D eigenvalue weighted by Gasteiger charge is -2.21. The number of nitro benzene ring substituents is 1. The Kier molecular flexibility index (Phi) is 8.70. The first kappa shape index (κ1) is 25.2. The summed E-state index contributed by atoms with van der Waals surface area (Å²) in [5.41, 5.74) is -0.0146. The van der Waals surface area contributed by atoms with Gasteiger partial charge in [0.1, 0.15) is 6.04 Å². The van der Waals surface area contributed by atoms with Gasteiger partial charge in [0.25, 0.3) is 5.69 Å². The molecule has 0 aliphatic rings. The number of hydrogen-bond acceptors (Lipinski definition) is 6. The molecule has 2 unspecified atom stereocenters. The fraction of sp³-hybridized carbons (Fsp3) is 0.300. The van der Waals surface area contributed by atoms with Crippen LogP contribution in [0.1, 0.15) is 37.8 Å². The highest BCUT2D eigenvalue weighted by atomic mass is 35.5. The number of nitro groups is 1. The van der Waals surface area contributed by atoms with Gasteiger partial charge in [0, 0.05) is 17.2 Å². The van der Waals surface area contributed by atoms with Crippen molar-refractivity contribution in [2.24, 2.45) is 0 Å². The van der Waals surface area contributed by atoms with Crippen molar-refractivity contribution in [1.29, 1.82) is 0 Å². The van der Waals surface area contributed by atoms with Gasteiger partial charge in [-0.15, -0.1) is 0 Å². The quantitative estimate of drug-likeness (QED) is 0.327. The van der Waals surface area contributed by atoms with Crippen molar-refractivity contribution in [3.63, 3.8) is 0 Å². The first-order chi connectivity index (χ1) is 15.0. The van der Waals surface area contributed by atoms with Crippen LogP contribution in [0.5, 0.6) is 0 Å². The van der Waals surface area contributed by atoms with Crippen molar-refractivity contribution in [1.82, 2.24) is 10.0 Å². The molecule has 2 aromatic carbocycles. The Labute approximate surface area is 189 Å². The Morgan fingerprint density at radius 2 is 1.72 bits per heavy atom. The first-order valence-electron chi connectivity index (χ1n) is 9.60. The molecule has 0 saturated carbocycles. The van der Waals surface area contributed by atoms with Crippen LogP contribution in [0.4, 0.5) is 5.69 Å². The van der Waals surface area contributed by atoms with E-state index in [-0.39, 0.29) is 22.6 Å². The Balaban J connectivity index is 2.25. The second-order valence-corrected chi connectivity index (χ2v) is 9.05. The second kappa shape index (κ2) is 11.0. The van der Waals surface area contributed by atoms with Crippen LogP contribution in [0.15, 0.2) is 53.4 Å². The number of halogens is 1. The standard InChI is InChI=1S/C20H22ClN3O7S/c1-2-3-4-17(23-32(30,31)16-11-9-15(10-12-16)24(28)29)19(25)22-18(20(26)27)13-5-7-14(21)8-6-13/h5-12,17-18,23H,2-4H2,1H3,(H,22,25)(H,26,27). The molecule has 10 nitrogen and oxygen atoms in total. The predicted octanol–water partition coefficient (Wildman–Crippen LogP) is 3.03. The minimum Gasteiger partial charge on any atom is -0.479 e. The number of non-ortho nitro benzene ring substituents is 1. The molecule has 12 heteroatoms. The van der Waals surface area contributed by atoms with Crippen LogP contribution in [-0.2, 0) is 19.6 Å². The molecule has 32 heavy (non-hydrogen) atoms. The van der Waals surface area contributed by atoms with E-state index in [2.05, 4.69) is 10.0 Å². The number of aliphatic carboxylic acids is 1. The topological polar surface area (TPSA) is 156 Å². The highest BCUT2D eigenvalue weighted by Crippen LogP contribution is 2.19. The van der Waals surface area contributed by atoms with Crippen LogP contribution in [0.25, 0.3) is 0 Å². The number of carboxylic acids is 1. The molecule has 0 radical (unpaired) electrons. The summed E-state index contributed by atoms with van der Waals surface area (Å²) in [6.07, 6.45) is 1.30. The number of sulfonamides is 1. The molecule has 172 valence electrons. The molecule has 0 bridgehead atoms. The van der Waals surface area contributed by atoms with E-state index in [9.17, 15) is 33.2 Å². The number of carboxylic acid groups (broad SMARTS) is 1. The molecule has 1 amide bonds. The molecule has 2 rings (SSSR count). The fourth-order valence-electron chi connectivity index (χ4n) is 2.84. The van der Waals surface area contributed by atoms with Crippen LogP contribution in [-0.4, -0.2) is 36.4 Å². The van der Waals surface area contributed by atoms with Crippen LogP contribution >= 0.6 is 11.6 Å². The summed E-state index contributed by atoms with van der Waals surface area (Å²) in [6.45, 7) is 1.85. The number of amides is 1. The van der Waals surface area contributed by atoms with Crippen LogP contribution in [0.2, 0.25) is 5.02 Å². The minimum absolute atomic E-state index is 0.126. The van der Waals surface area contributed by atoms with Gasteiger partial charge in [-0.25, -0.2) is 13.2 Å². The van der Waals surface area contributed by atoms with E-state index >= 15 is 0 Å². The van der Waals surface area contributed by atoms with Gasteiger partial charge in [-0.3, -0.25) is 14.9 Å². The lowest BCUT2D eigenvalue weighted by Crippen LogP contribution is -2.48. The Bertz CT molecular complexity index is 1070. The summed E-state index contributed by atoms with van der Waals surface area (Å²) in [4.78, 5) is 34.4. The van der Waals surface area contributed by atoms with E-state index in [1.54, 1.807) is 0 Å². The van der Waals surface area contributed by atoms with E-state index in [0.29, 0.717) is 17.9 Å². The number of nitrogens with zero attached hydrogens (tertiary/aromatic N) is 1. The van der Waals surface area contributed by atoms with Crippen molar-refractivity contribution in [2.75, 3.05) is 0 Å². The van der Waals surface area contributed by atoms with Gasteiger partial charge in [-0.05, 0) is 36.2 Å². The minimum atomic E-state index is -4.20. The maximum Gasteiger partial charge on any atom is 0.330 e. The number of benzene rings is 2. The van der Waals surface area contributed by atoms with E-state index in [1.165, 1.54) is 24.3 Å². The third kappa shape index (κ3) is 6.74. The molecule has 0 aromatic heterocycles. The molecular weight excluding hydrogens is 462 g/mol. The zero-order valence-electron chi connectivity index (χ0n) is 17.0. The smallest absolute Gasteiger partial charge is 0.330 e. The molecular formula is C20H22ClN3O7S. The Hall–Kier alpha value is -3.02. The summed E-state index contributed by atoms with van der Waals surface area (Å²) in [5, 5.41) is 23.1. The predicted molar refractivity (Wildman–Crippen MR) is 117 cm³/mol. The van der Waals surface area contributed by atoms with E-state index in [1.807, 2.05) is 6.92 Å². The van der Waals surface area contributed by atoms with Crippen molar-refractivity contribution in [3.8, 4) is 0 Å². The zero-order valence-corrected chi connectivity index (χ0v) is 18.6. The van der Waals surface area contributed by atoms with E-state index < -0.39 is 38.9 Å². The maximum absolute atomic E-state index is 12.8. The normalized spacial score (nSPS) is 13.2. The van der Waals surface area contributed by atoms with Gasteiger partial charge in [0.05, 0.1) is 9.82 Å². The molecule has 0 heterocycles. The zero-order chi connectivity index (χ0) is 23.9. The maximum atomic E-state index is 12.8. The monoisotopic (exact) mass is 483 g/mol. The molecule has 3 N–H and O–H groups in total. The lowest BCUT2D eigenvalue weighted by molar-refractivity contribution is -0.384. The van der Waals surface area contributed by atoms with Gasteiger partial charge in [0.15, 0.2) is 6.04 Å². The van der Waals surface area contributed by atoms with Crippen molar-refractivity contribution >= 4 is 39.2 Å². The van der Waals surface area contributed by atoms with Crippen LogP contribution in [0, 0.1) is 10.1 Å². The highest BCUT2D eigenvalue weighted by Gasteiger charge is 2.30. The molecule has 2 aromatic rings. The Morgan fingerprint density at radius 1 is 1.12 bits per heavy atom. The molecule has 0 spiro atoms. The summed E-state index contributed by atoms with van der Waals surface area (Å²) in [7, 11) is -4.20. The summed E-state index contributed by atoms with van der Waals surface area (Å²) in [5.74, 6) is -2.14. The molecule has 0 aliphatic heterocycles.